The second-order valence-electron chi connectivity index (χ2n) is 2.97. The Morgan fingerprint density at radius 3 is 3.22 bits per heavy atom. The summed E-state index contributed by atoms with van der Waals surface area (Å²) in [5.74, 6) is 0.750. The van der Waals surface area contributed by atoms with Crippen LogP contribution in [-0.2, 0) is 0 Å². The van der Waals surface area contributed by atoms with E-state index >= 15 is 0 Å². The van der Waals surface area contributed by atoms with Crippen molar-refractivity contribution in [1.29, 1.82) is 0 Å². The lowest BCUT2D eigenvalue weighted by Crippen LogP contribution is -2.36. The van der Waals surface area contributed by atoms with Gasteiger partial charge in [-0.15, -0.1) is 0 Å². The molecule has 2 heteroatoms. The van der Waals surface area contributed by atoms with E-state index in [1.54, 1.807) is 0 Å². The molecule has 0 aliphatic carbocycles. The fraction of sp³-hybridized carbons (Fsp3) is 0.714. The van der Waals surface area contributed by atoms with Crippen LogP contribution in [0.1, 0.15) is 13.3 Å². The van der Waals surface area contributed by atoms with Crippen LogP contribution in [0.25, 0.3) is 0 Å². The molecule has 0 aromatic carbocycles. The first-order valence-electron chi connectivity index (χ1n) is 3.55. The maximum atomic E-state index is 3.44. The summed E-state index contributed by atoms with van der Waals surface area (Å²) >= 11 is 0. The van der Waals surface area contributed by atoms with Crippen LogP contribution >= 0.6 is 0 Å². The molecule has 3 unspecified atom stereocenters. The monoisotopic (exact) mass is 124 g/mol. The minimum absolute atomic E-state index is 0.542. The van der Waals surface area contributed by atoms with E-state index in [0.29, 0.717) is 12.2 Å². The molecule has 0 radical (unpaired) electrons. The maximum absolute atomic E-state index is 3.44. The zero-order valence-corrected chi connectivity index (χ0v) is 5.59. The zero-order chi connectivity index (χ0) is 6.27. The number of nitrogens with one attached hydrogen (secondary N) is 2. The first kappa shape index (κ1) is 5.30. The molecule has 9 heavy (non-hydrogen) atoms. The highest BCUT2D eigenvalue weighted by atomic mass is 15.2. The molecule has 2 heterocycles. The molecule has 0 aromatic heterocycles. The predicted molar refractivity (Wildman–Crippen MR) is 36.8 cm³/mol. The zero-order valence-electron chi connectivity index (χ0n) is 5.59. The molecule has 0 amide bonds. The summed E-state index contributed by atoms with van der Waals surface area (Å²) in [6.07, 6.45) is 6.13. The molecule has 2 rings (SSSR count). The van der Waals surface area contributed by atoms with Gasteiger partial charge in [0.15, 0.2) is 0 Å². The molecule has 0 aromatic rings. The summed E-state index contributed by atoms with van der Waals surface area (Å²) in [6, 6.07) is 0.692. The van der Waals surface area contributed by atoms with Crippen LogP contribution in [0.4, 0.5) is 0 Å². The van der Waals surface area contributed by atoms with Crippen molar-refractivity contribution in [1.82, 2.24) is 10.6 Å². The fourth-order valence-electron chi connectivity index (χ4n) is 1.69. The maximum Gasteiger partial charge on any atom is 0.0830 e. The van der Waals surface area contributed by atoms with Crippen molar-refractivity contribution in [2.24, 2.45) is 5.92 Å². The van der Waals surface area contributed by atoms with E-state index in [1.165, 1.54) is 6.42 Å². The van der Waals surface area contributed by atoms with Gasteiger partial charge in [0.2, 0.25) is 0 Å². The van der Waals surface area contributed by atoms with Crippen molar-refractivity contribution in [3.8, 4) is 0 Å². The van der Waals surface area contributed by atoms with Crippen LogP contribution in [0.3, 0.4) is 0 Å². The van der Waals surface area contributed by atoms with E-state index in [-0.39, 0.29) is 0 Å². The lowest BCUT2D eigenvalue weighted by molar-refractivity contribution is 0.499. The molecule has 1 saturated heterocycles. The minimum atomic E-state index is 0.542. The van der Waals surface area contributed by atoms with E-state index in [1.807, 2.05) is 6.20 Å². The van der Waals surface area contributed by atoms with Crippen LogP contribution in [0.5, 0.6) is 0 Å². The van der Waals surface area contributed by atoms with E-state index in [0.717, 1.165) is 5.92 Å². The summed E-state index contributed by atoms with van der Waals surface area (Å²) in [6.45, 7) is 2.23. The topological polar surface area (TPSA) is 24.1 Å². The Labute approximate surface area is 55.3 Å². The Hall–Kier alpha value is -0.500. The summed E-state index contributed by atoms with van der Waals surface area (Å²) in [7, 11) is 0. The Kier molecular flexibility index (Phi) is 1.02. The van der Waals surface area contributed by atoms with Crippen molar-refractivity contribution in [2.75, 3.05) is 0 Å². The predicted octanol–water partition coefficient (Wildman–Crippen LogP) is 0.427. The Bertz CT molecular complexity index is 142. The SMILES string of the molecule is CC1CC2C=CNC2N1. The fourth-order valence-corrected chi connectivity index (χ4v) is 1.69. The third-order valence-corrected chi connectivity index (χ3v) is 2.14. The highest BCUT2D eigenvalue weighted by molar-refractivity contribution is 5.06. The van der Waals surface area contributed by atoms with Gasteiger partial charge in [0.25, 0.3) is 0 Å². The molecule has 3 atom stereocenters. The minimum Gasteiger partial charge on any atom is -0.375 e. The summed E-state index contributed by atoms with van der Waals surface area (Å²) in [5, 5.41) is 6.70. The Morgan fingerprint density at radius 2 is 2.44 bits per heavy atom. The number of hydrogen-bond donors (Lipinski definition) is 2. The molecule has 2 aliphatic rings. The highest BCUT2D eigenvalue weighted by Gasteiger charge is 2.31. The van der Waals surface area contributed by atoms with Gasteiger partial charge in [-0.05, 0) is 19.5 Å². The summed E-state index contributed by atoms with van der Waals surface area (Å²) < 4.78 is 0. The van der Waals surface area contributed by atoms with Gasteiger partial charge in [-0.3, -0.25) is 5.32 Å². The number of hydrogen-bond acceptors (Lipinski definition) is 2. The van der Waals surface area contributed by atoms with Crippen LogP contribution in [0.2, 0.25) is 0 Å². The second kappa shape index (κ2) is 1.74. The summed E-state index contributed by atoms with van der Waals surface area (Å²) in [5.41, 5.74) is 0. The van der Waals surface area contributed by atoms with Gasteiger partial charge in [-0.25, -0.2) is 0 Å². The largest absolute Gasteiger partial charge is 0.375 e. The molecule has 2 aliphatic heterocycles. The molecule has 2 N–H and O–H groups in total. The van der Waals surface area contributed by atoms with E-state index in [9.17, 15) is 0 Å². The van der Waals surface area contributed by atoms with Gasteiger partial charge in [0.05, 0.1) is 6.17 Å². The van der Waals surface area contributed by atoms with Crippen LogP contribution in [0, 0.1) is 5.92 Å². The molecule has 0 bridgehead atoms. The average Bonchev–Trinajstić information content (AvgIpc) is 2.22. The van der Waals surface area contributed by atoms with Crippen molar-refractivity contribution in [2.45, 2.75) is 25.6 Å². The van der Waals surface area contributed by atoms with Gasteiger partial charge >= 0.3 is 0 Å². The lowest BCUT2D eigenvalue weighted by atomic mass is 10.1. The van der Waals surface area contributed by atoms with Crippen LogP contribution in [0.15, 0.2) is 12.3 Å². The lowest BCUT2D eigenvalue weighted by Gasteiger charge is -2.09. The van der Waals surface area contributed by atoms with Gasteiger partial charge in [-0.2, -0.15) is 0 Å². The molecule has 50 valence electrons. The number of fused-ring (bicyclic) bond motifs is 1. The van der Waals surface area contributed by atoms with Gasteiger partial charge in [0.1, 0.15) is 0 Å². The quantitative estimate of drug-likeness (QED) is 0.489. The van der Waals surface area contributed by atoms with E-state index in [2.05, 4.69) is 23.6 Å². The molecule has 2 nitrogen and oxygen atoms in total. The third-order valence-electron chi connectivity index (χ3n) is 2.14. The highest BCUT2D eigenvalue weighted by Crippen LogP contribution is 2.22. The molecular weight excluding hydrogens is 112 g/mol. The first-order valence-corrected chi connectivity index (χ1v) is 3.55. The van der Waals surface area contributed by atoms with Crippen molar-refractivity contribution < 1.29 is 0 Å². The van der Waals surface area contributed by atoms with Crippen molar-refractivity contribution >= 4 is 0 Å². The third kappa shape index (κ3) is 0.741. The standard InChI is InChI=1S/C7H12N2/c1-5-4-6-2-3-8-7(6)9-5/h2-3,5-9H,4H2,1H3. The molecule has 0 saturated carbocycles. The number of rotatable bonds is 0. The van der Waals surface area contributed by atoms with Crippen molar-refractivity contribution in [3.63, 3.8) is 0 Å². The first-order chi connectivity index (χ1) is 4.36. The van der Waals surface area contributed by atoms with E-state index in [4.69, 9.17) is 0 Å². The van der Waals surface area contributed by atoms with Gasteiger partial charge in [0, 0.05) is 12.0 Å². The normalized spacial score (nSPS) is 47.0. The second-order valence-corrected chi connectivity index (χ2v) is 2.97. The molecule has 1 fully saturated rings. The molecule has 0 spiro atoms. The van der Waals surface area contributed by atoms with Crippen LogP contribution < -0.4 is 10.6 Å². The Balaban J connectivity index is 2.08. The van der Waals surface area contributed by atoms with Crippen LogP contribution in [-0.4, -0.2) is 12.2 Å². The Morgan fingerprint density at radius 1 is 1.56 bits per heavy atom. The van der Waals surface area contributed by atoms with Gasteiger partial charge in [-0.1, -0.05) is 6.08 Å². The van der Waals surface area contributed by atoms with Crippen molar-refractivity contribution in [3.05, 3.63) is 12.3 Å². The van der Waals surface area contributed by atoms with E-state index < -0.39 is 0 Å². The molecular formula is C7H12N2. The average molecular weight is 124 g/mol. The smallest absolute Gasteiger partial charge is 0.0830 e. The summed E-state index contributed by atoms with van der Waals surface area (Å²) in [4.78, 5) is 0. The van der Waals surface area contributed by atoms with Gasteiger partial charge < -0.3 is 5.32 Å².